The molecule has 2 saturated carbocycles. The molecule has 4 aliphatic rings. The number of allylic oxidation sites excluding steroid dienone is 2. The number of carbonyl (C=O) groups excluding carboxylic acids is 2. The predicted octanol–water partition coefficient (Wildman–Crippen LogP) is 3.54. The SMILES string of the molecule is CCC(=O)C(=C(N)CC)[C@@H](O)OC1C(C)=C[C@]23C(=O)C(C=C(COC(C)(C)O)CC12O)C1C(C[C@H]3C)C1(C)C. The Balaban J connectivity index is 1.81. The van der Waals surface area contributed by atoms with Gasteiger partial charge >= 0.3 is 0 Å². The summed E-state index contributed by atoms with van der Waals surface area (Å²) in [4.78, 5) is 27.3. The maximum Gasteiger partial charge on any atom is 0.187 e. The van der Waals surface area contributed by atoms with Crippen LogP contribution in [-0.4, -0.2) is 57.3 Å². The summed E-state index contributed by atoms with van der Waals surface area (Å²) in [5.41, 5.74) is 4.71. The highest BCUT2D eigenvalue weighted by atomic mass is 16.6. The summed E-state index contributed by atoms with van der Waals surface area (Å²) >= 11 is 0. The molecule has 0 aromatic rings. The van der Waals surface area contributed by atoms with Crippen molar-refractivity contribution in [3.05, 3.63) is 34.6 Å². The average molecular weight is 546 g/mol. The highest BCUT2D eigenvalue weighted by molar-refractivity contribution is 5.96. The van der Waals surface area contributed by atoms with Gasteiger partial charge in [-0.2, -0.15) is 0 Å². The zero-order valence-electron chi connectivity index (χ0n) is 24.7. The first kappa shape index (κ1) is 30.1. The third-order valence-electron chi connectivity index (χ3n) is 10.0. The summed E-state index contributed by atoms with van der Waals surface area (Å²) in [6.07, 6.45) is 2.43. The van der Waals surface area contributed by atoms with Gasteiger partial charge in [-0.25, -0.2) is 0 Å². The number of Topliss-reactive ketones (excluding diaryl/α,β-unsaturated/α-hetero) is 2. The van der Waals surface area contributed by atoms with E-state index >= 15 is 0 Å². The fraction of sp³-hybridized carbons (Fsp3) is 0.742. The van der Waals surface area contributed by atoms with Crippen LogP contribution in [0.25, 0.3) is 0 Å². The van der Waals surface area contributed by atoms with Gasteiger partial charge in [0.05, 0.1) is 17.6 Å². The van der Waals surface area contributed by atoms with Gasteiger partial charge in [0, 0.05) is 24.5 Å². The Bertz CT molecular complexity index is 1130. The topological polar surface area (TPSA) is 139 Å². The van der Waals surface area contributed by atoms with Crippen LogP contribution in [0.3, 0.4) is 0 Å². The zero-order valence-corrected chi connectivity index (χ0v) is 24.7. The number of nitrogens with two attached hydrogens (primary N) is 1. The van der Waals surface area contributed by atoms with Crippen molar-refractivity contribution < 1.29 is 34.4 Å². The van der Waals surface area contributed by atoms with E-state index in [9.17, 15) is 24.9 Å². The number of aliphatic hydroxyl groups is 3. The lowest BCUT2D eigenvalue weighted by molar-refractivity contribution is -0.202. The number of ketones is 2. The van der Waals surface area contributed by atoms with Gasteiger partial charge < -0.3 is 30.5 Å². The second-order valence-corrected chi connectivity index (χ2v) is 13.3. The lowest BCUT2D eigenvalue weighted by Gasteiger charge is -2.47. The quantitative estimate of drug-likeness (QED) is 0.196. The van der Waals surface area contributed by atoms with Crippen LogP contribution >= 0.6 is 0 Å². The molecule has 0 radical (unpaired) electrons. The molecule has 0 heterocycles. The summed E-state index contributed by atoms with van der Waals surface area (Å²) in [5, 5.41) is 34.2. The van der Waals surface area contributed by atoms with Crippen molar-refractivity contribution in [2.75, 3.05) is 6.61 Å². The Morgan fingerprint density at radius 3 is 2.46 bits per heavy atom. The highest BCUT2D eigenvalue weighted by Crippen LogP contribution is 2.71. The molecule has 0 aromatic carbocycles. The molecular formula is C31H47NO7. The normalized spacial score (nSPS) is 38.4. The van der Waals surface area contributed by atoms with E-state index in [-0.39, 0.29) is 59.5 Å². The first-order chi connectivity index (χ1) is 18.0. The molecule has 39 heavy (non-hydrogen) atoms. The van der Waals surface area contributed by atoms with Crippen molar-refractivity contribution in [1.82, 2.24) is 0 Å². The second kappa shape index (κ2) is 9.91. The molecule has 8 nitrogen and oxygen atoms in total. The highest BCUT2D eigenvalue weighted by Gasteiger charge is 2.74. The molecule has 8 atom stereocenters. The van der Waals surface area contributed by atoms with Crippen LogP contribution in [0.4, 0.5) is 0 Å². The van der Waals surface area contributed by atoms with Gasteiger partial charge in [0.15, 0.2) is 23.6 Å². The van der Waals surface area contributed by atoms with Crippen LogP contribution in [0, 0.1) is 34.5 Å². The molecule has 0 saturated heterocycles. The molecule has 1 spiro atoms. The summed E-state index contributed by atoms with van der Waals surface area (Å²) in [5.74, 6) is -1.89. The van der Waals surface area contributed by atoms with Crippen molar-refractivity contribution in [2.45, 2.75) is 105 Å². The summed E-state index contributed by atoms with van der Waals surface area (Å²) in [6.45, 7) is 14.8. The number of ether oxygens (including phenoxy) is 2. The Hall–Kier alpha value is -1.84. The molecule has 2 bridgehead atoms. The van der Waals surface area contributed by atoms with Crippen molar-refractivity contribution >= 4 is 11.6 Å². The van der Waals surface area contributed by atoms with Crippen molar-refractivity contribution in [2.24, 2.45) is 40.2 Å². The largest absolute Gasteiger partial charge is 0.402 e. The number of rotatable bonds is 9. The first-order valence-electron chi connectivity index (χ1n) is 14.3. The minimum atomic E-state index is -1.74. The standard InChI is InChI=1S/C31H47NO7/c1-9-21(32)23(22(33)10-2)27(35)39-26-16(3)13-30-17(4)11-20-24(28(20,5)6)19(25(30)34)12-18(14-31(26,30)37)15-38-29(7,8)36/h12-13,17,19-20,24,26-27,35-37H,9-11,14-15,32H2,1-8H3/t17-,19?,20?,24?,26?,27+,30+,31?/m1/s1. The minimum Gasteiger partial charge on any atom is -0.402 e. The Kier molecular flexibility index (Phi) is 7.66. The molecule has 0 aromatic heterocycles. The maximum absolute atomic E-state index is 14.6. The van der Waals surface area contributed by atoms with E-state index in [0.717, 1.165) is 6.42 Å². The van der Waals surface area contributed by atoms with E-state index in [2.05, 4.69) is 13.8 Å². The molecule has 4 aliphatic carbocycles. The smallest absolute Gasteiger partial charge is 0.187 e. The second-order valence-electron chi connectivity index (χ2n) is 13.3. The van der Waals surface area contributed by atoms with E-state index in [1.165, 1.54) is 13.8 Å². The zero-order chi connectivity index (χ0) is 29.3. The van der Waals surface area contributed by atoms with Gasteiger partial charge in [-0.1, -0.05) is 46.8 Å². The number of hydrogen-bond donors (Lipinski definition) is 4. The van der Waals surface area contributed by atoms with Gasteiger partial charge in [-0.15, -0.1) is 0 Å². The van der Waals surface area contributed by atoms with Crippen LogP contribution in [0.2, 0.25) is 0 Å². The van der Waals surface area contributed by atoms with Gasteiger partial charge in [-0.05, 0) is 67.9 Å². The van der Waals surface area contributed by atoms with Gasteiger partial charge in [0.25, 0.3) is 0 Å². The summed E-state index contributed by atoms with van der Waals surface area (Å²) in [6, 6.07) is 0. The Morgan fingerprint density at radius 2 is 1.90 bits per heavy atom. The molecule has 4 rings (SSSR count). The van der Waals surface area contributed by atoms with E-state index in [4.69, 9.17) is 15.2 Å². The van der Waals surface area contributed by atoms with Crippen LogP contribution in [0.1, 0.15) is 81.1 Å². The fourth-order valence-electron chi connectivity index (χ4n) is 7.92. The van der Waals surface area contributed by atoms with Crippen molar-refractivity contribution in [1.29, 1.82) is 0 Å². The van der Waals surface area contributed by atoms with Gasteiger partial charge in [0.2, 0.25) is 0 Å². The molecular weight excluding hydrogens is 498 g/mol. The molecule has 2 fully saturated rings. The third kappa shape index (κ3) is 4.66. The van der Waals surface area contributed by atoms with Crippen molar-refractivity contribution in [3.63, 3.8) is 0 Å². The van der Waals surface area contributed by atoms with Crippen LogP contribution in [0.5, 0.6) is 0 Å². The monoisotopic (exact) mass is 545 g/mol. The molecule has 0 aliphatic heterocycles. The van der Waals surface area contributed by atoms with E-state index in [0.29, 0.717) is 23.5 Å². The molecule has 5 N–H and O–H groups in total. The van der Waals surface area contributed by atoms with Crippen LogP contribution in [0.15, 0.2) is 34.6 Å². The Morgan fingerprint density at radius 1 is 1.26 bits per heavy atom. The average Bonchev–Trinajstić information content (AvgIpc) is 3.35. The third-order valence-corrected chi connectivity index (χ3v) is 10.0. The predicted molar refractivity (Wildman–Crippen MR) is 147 cm³/mol. The Labute approximate surface area is 232 Å². The first-order valence-corrected chi connectivity index (χ1v) is 14.3. The van der Waals surface area contributed by atoms with E-state index < -0.39 is 35.1 Å². The van der Waals surface area contributed by atoms with Crippen molar-refractivity contribution in [3.8, 4) is 0 Å². The summed E-state index contributed by atoms with van der Waals surface area (Å²) in [7, 11) is 0. The van der Waals surface area contributed by atoms with E-state index in [1.807, 2.05) is 19.1 Å². The number of aliphatic hydroxyl groups excluding tert-OH is 1. The molecule has 0 amide bonds. The lowest BCUT2D eigenvalue weighted by atomic mass is 9.59. The minimum absolute atomic E-state index is 0.00127. The molecule has 218 valence electrons. The molecule has 8 heteroatoms. The lowest BCUT2D eigenvalue weighted by Crippen LogP contribution is -2.60. The van der Waals surface area contributed by atoms with E-state index in [1.54, 1.807) is 20.8 Å². The van der Waals surface area contributed by atoms with Crippen LogP contribution < -0.4 is 5.73 Å². The van der Waals surface area contributed by atoms with Gasteiger partial charge in [-0.3, -0.25) is 9.59 Å². The maximum atomic E-state index is 14.6. The molecule has 5 unspecified atom stereocenters. The number of hydrogen-bond acceptors (Lipinski definition) is 8. The fourth-order valence-corrected chi connectivity index (χ4v) is 7.92. The van der Waals surface area contributed by atoms with Crippen LogP contribution in [-0.2, 0) is 19.1 Å². The summed E-state index contributed by atoms with van der Waals surface area (Å²) < 4.78 is 11.9. The number of fused-ring (bicyclic) bond motifs is 3. The number of carbonyl (C=O) groups is 2. The van der Waals surface area contributed by atoms with Gasteiger partial charge in [0.1, 0.15) is 11.7 Å².